The van der Waals surface area contributed by atoms with E-state index in [1.165, 1.54) is 0 Å². The molecule has 0 saturated heterocycles. The zero-order valence-corrected chi connectivity index (χ0v) is 10.9. The second-order valence-electron chi connectivity index (χ2n) is 3.99. The predicted molar refractivity (Wildman–Crippen MR) is 72.5 cm³/mol. The van der Waals surface area contributed by atoms with E-state index in [2.05, 4.69) is 20.6 Å². The van der Waals surface area contributed by atoms with E-state index >= 15 is 0 Å². The summed E-state index contributed by atoms with van der Waals surface area (Å²) in [7, 11) is 0. The molecule has 0 amide bonds. The molecule has 1 heterocycles. The normalized spacial score (nSPS) is 10.2. The lowest BCUT2D eigenvalue weighted by atomic mass is 10.3. The first kappa shape index (κ1) is 14.6. The number of hydrogen-bond acceptors (Lipinski definition) is 6. The van der Waals surface area contributed by atoms with E-state index in [0.717, 1.165) is 18.5 Å². The van der Waals surface area contributed by atoms with Gasteiger partial charge >= 0.3 is 5.69 Å². The van der Waals surface area contributed by atoms with Crippen molar-refractivity contribution in [3.63, 3.8) is 0 Å². The fourth-order valence-corrected chi connectivity index (χ4v) is 1.70. The number of nitro groups is 1. The van der Waals surface area contributed by atoms with E-state index in [9.17, 15) is 18.9 Å². The second kappa shape index (κ2) is 6.07. The van der Waals surface area contributed by atoms with Crippen molar-refractivity contribution in [3.8, 4) is 0 Å². The molecule has 0 bridgehead atoms. The summed E-state index contributed by atoms with van der Waals surface area (Å²) in [5.74, 6) is -1.74. The average molecular weight is 295 g/mol. The fraction of sp³-hybridized carbons (Fsp3) is 0.167. The van der Waals surface area contributed by atoms with Crippen LogP contribution in [-0.4, -0.2) is 21.4 Å². The largest absolute Gasteiger partial charge is 0.364 e. The highest BCUT2D eigenvalue weighted by atomic mass is 19.1. The standard InChI is InChI=1S/C12H11F2N5O2/c1-2-15-11-10(19(20)21)12(17-6-16-11)18-9-4-7(13)3-8(14)5-9/h3-6H,2H2,1H3,(H2,15,16,17,18). The third-order valence-corrected chi connectivity index (χ3v) is 2.47. The minimum absolute atomic E-state index is 0.0109. The van der Waals surface area contributed by atoms with Crippen molar-refractivity contribution in [3.05, 3.63) is 46.3 Å². The van der Waals surface area contributed by atoms with Crippen LogP contribution in [-0.2, 0) is 0 Å². The number of rotatable bonds is 5. The van der Waals surface area contributed by atoms with E-state index in [0.29, 0.717) is 12.6 Å². The van der Waals surface area contributed by atoms with Crippen molar-refractivity contribution in [1.29, 1.82) is 0 Å². The van der Waals surface area contributed by atoms with Crippen LogP contribution < -0.4 is 10.6 Å². The average Bonchev–Trinajstić information content (AvgIpc) is 2.37. The zero-order valence-electron chi connectivity index (χ0n) is 10.9. The Bertz CT molecular complexity index is 660. The SMILES string of the molecule is CCNc1ncnc(Nc2cc(F)cc(F)c2)c1[N+](=O)[O-]. The molecule has 0 saturated carbocycles. The van der Waals surface area contributed by atoms with Crippen molar-refractivity contribution in [2.45, 2.75) is 6.92 Å². The molecule has 0 aliphatic carbocycles. The van der Waals surface area contributed by atoms with Crippen LogP contribution in [0.25, 0.3) is 0 Å². The molecule has 1 aromatic heterocycles. The first-order valence-corrected chi connectivity index (χ1v) is 5.97. The number of halogens is 2. The topological polar surface area (TPSA) is 93.0 Å². The lowest BCUT2D eigenvalue weighted by Crippen LogP contribution is -2.07. The van der Waals surface area contributed by atoms with Gasteiger partial charge in [-0.1, -0.05) is 0 Å². The predicted octanol–water partition coefficient (Wildman–Crippen LogP) is 2.84. The van der Waals surface area contributed by atoms with Gasteiger partial charge in [-0.05, 0) is 19.1 Å². The molecule has 7 nitrogen and oxygen atoms in total. The monoisotopic (exact) mass is 295 g/mol. The van der Waals surface area contributed by atoms with Gasteiger partial charge in [0.05, 0.1) is 4.92 Å². The van der Waals surface area contributed by atoms with Gasteiger partial charge in [-0.3, -0.25) is 10.1 Å². The van der Waals surface area contributed by atoms with Gasteiger partial charge in [0.1, 0.15) is 18.0 Å². The molecule has 0 spiro atoms. The van der Waals surface area contributed by atoms with Gasteiger partial charge in [0.2, 0.25) is 11.6 Å². The Kier molecular flexibility index (Phi) is 4.21. The van der Waals surface area contributed by atoms with Gasteiger partial charge in [-0.15, -0.1) is 0 Å². The molecule has 1 aromatic carbocycles. The molecule has 110 valence electrons. The minimum atomic E-state index is -0.805. The molecular formula is C12H11F2N5O2. The Hall–Kier alpha value is -2.84. The van der Waals surface area contributed by atoms with Gasteiger partial charge in [0, 0.05) is 18.3 Å². The molecule has 0 atom stereocenters. The Morgan fingerprint density at radius 2 is 1.81 bits per heavy atom. The maximum atomic E-state index is 13.1. The van der Waals surface area contributed by atoms with Crippen LogP contribution in [0.1, 0.15) is 6.92 Å². The Balaban J connectivity index is 2.43. The van der Waals surface area contributed by atoms with E-state index in [-0.39, 0.29) is 17.3 Å². The zero-order chi connectivity index (χ0) is 15.4. The molecule has 2 N–H and O–H groups in total. The smallest absolute Gasteiger partial charge is 0.353 e. The van der Waals surface area contributed by atoms with Crippen LogP contribution in [0.2, 0.25) is 0 Å². The molecule has 21 heavy (non-hydrogen) atoms. The molecule has 0 unspecified atom stereocenters. The van der Waals surface area contributed by atoms with Gasteiger partial charge in [0.15, 0.2) is 0 Å². The summed E-state index contributed by atoms with van der Waals surface area (Å²) in [4.78, 5) is 18.0. The summed E-state index contributed by atoms with van der Waals surface area (Å²) >= 11 is 0. The van der Waals surface area contributed by atoms with Crippen LogP contribution >= 0.6 is 0 Å². The molecule has 0 radical (unpaired) electrons. The van der Waals surface area contributed by atoms with Gasteiger partial charge < -0.3 is 10.6 Å². The van der Waals surface area contributed by atoms with Gasteiger partial charge in [-0.25, -0.2) is 18.7 Å². The Labute approximate surface area is 118 Å². The van der Waals surface area contributed by atoms with Crippen molar-refractivity contribution < 1.29 is 13.7 Å². The number of aromatic nitrogens is 2. The van der Waals surface area contributed by atoms with Crippen LogP contribution in [0.3, 0.4) is 0 Å². The highest BCUT2D eigenvalue weighted by Crippen LogP contribution is 2.31. The summed E-state index contributed by atoms with van der Waals surface area (Å²) < 4.78 is 26.3. The van der Waals surface area contributed by atoms with Crippen molar-refractivity contribution in [1.82, 2.24) is 9.97 Å². The van der Waals surface area contributed by atoms with Gasteiger partial charge in [-0.2, -0.15) is 0 Å². The molecule has 0 aliphatic rings. The number of hydrogen-bond donors (Lipinski definition) is 2. The van der Waals surface area contributed by atoms with E-state index in [1.807, 2.05) is 0 Å². The lowest BCUT2D eigenvalue weighted by molar-refractivity contribution is -0.383. The fourth-order valence-electron chi connectivity index (χ4n) is 1.70. The van der Waals surface area contributed by atoms with Crippen LogP contribution in [0.15, 0.2) is 24.5 Å². The first-order valence-electron chi connectivity index (χ1n) is 5.97. The minimum Gasteiger partial charge on any atom is -0.364 e. The summed E-state index contributed by atoms with van der Waals surface area (Å²) in [6, 6.07) is 2.70. The van der Waals surface area contributed by atoms with Crippen LogP contribution in [0.4, 0.5) is 31.8 Å². The highest BCUT2D eigenvalue weighted by Gasteiger charge is 2.22. The number of nitrogens with one attached hydrogen (secondary N) is 2. The molecule has 0 fully saturated rings. The van der Waals surface area contributed by atoms with E-state index < -0.39 is 22.2 Å². The number of nitrogens with zero attached hydrogens (tertiary/aromatic N) is 3. The molecule has 9 heteroatoms. The summed E-state index contributed by atoms with van der Waals surface area (Å²) in [6.45, 7) is 2.17. The van der Waals surface area contributed by atoms with Crippen molar-refractivity contribution in [2.24, 2.45) is 0 Å². The third kappa shape index (κ3) is 3.38. The molecule has 0 aliphatic heterocycles. The maximum absolute atomic E-state index is 13.1. The Morgan fingerprint density at radius 1 is 1.19 bits per heavy atom. The van der Waals surface area contributed by atoms with Crippen molar-refractivity contribution in [2.75, 3.05) is 17.2 Å². The second-order valence-corrected chi connectivity index (χ2v) is 3.99. The van der Waals surface area contributed by atoms with Crippen LogP contribution in [0, 0.1) is 21.7 Å². The first-order chi connectivity index (χ1) is 10.0. The van der Waals surface area contributed by atoms with Crippen molar-refractivity contribution >= 4 is 23.0 Å². The number of anilines is 3. The Morgan fingerprint density at radius 3 is 2.38 bits per heavy atom. The lowest BCUT2D eigenvalue weighted by Gasteiger charge is -2.09. The van der Waals surface area contributed by atoms with E-state index in [1.54, 1.807) is 6.92 Å². The summed E-state index contributed by atoms with van der Waals surface area (Å²) in [6.07, 6.45) is 1.11. The molecule has 2 aromatic rings. The highest BCUT2D eigenvalue weighted by molar-refractivity contribution is 5.73. The van der Waals surface area contributed by atoms with E-state index in [4.69, 9.17) is 0 Å². The molecule has 2 rings (SSSR count). The number of benzene rings is 1. The molecular weight excluding hydrogens is 284 g/mol. The van der Waals surface area contributed by atoms with Gasteiger partial charge in [0.25, 0.3) is 0 Å². The third-order valence-electron chi connectivity index (χ3n) is 2.47. The summed E-state index contributed by atoms with van der Waals surface area (Å²) in [5, 5.41) is 16.4. The maximum Gasteiger partial charge on any atom is 0.353 e. The van der Waals surface area contributed by atoms with Crippen LogP contribution in [0.5, 0.6) is 0 Å². The quantitative estimate of drug-likeness (QED) is 0.651. The summed E-state index contributed by atoms with van der Waals surface area (Å²) in [5.41, 5.74) is -0.388.